The second kappa shape index (κ2) is 10.5. The summed E-state index contributed by atoms with van der Waals surface area (Å²) in [5, 5.41) is 0. The van der Waals surface area contributed by atoms with E-state index < -0.39 is 0 Å². The van der Waals surface area contributed by atoms with Gasteiger partial charge in [0, 0.05) is 0 Å². The van der Waals surface area contributed by atoms with E-state index in [0.717, 1.165) is 0 Å². The van der Waals surface area contributed by atoms with Crippen LogP contribution in [0.1, 0.15) is 109 Å². The molecule has 2 aliphatic rings. The second-order valence-corrected chi connectivity index (χ2v) is 10.1. The first-order valence-corrected chi connectivity index (χ1v) is 11.4. The minimum absolute atomic E-state index is 0. The van der Waals surface area contributed by atoms with Crippen LogP contribution in [0.5, 0.6) is 0 Å². The smallest absolute Gasteiger partial charge is 0.0126 e. The van der Waals surface area contributed by atoms with E-state index in [1.54, 1.807) is 27.8 Å². The standard InChI is InChI=1S/C16H22.C10H14.C2H6.CH4/c1-16(2,3)15-13-8-4-6-11(13)10-12-7-5-9-14(12)15;1-10(2,3)9-7-5-4-6-8-9;1-2;/h10H,4-9H2,1-3H3;4-8H,1-3H3;1-2H3;1H4. The van der Waals surface area contributed by atoms with Crippen LogP contribution < -0.4 is 0 Å². The summed E-state index contributed by atoms with van der Waals surface area (Å²) in [6, 6.07) is 13.1. The molecule has 0 unspecified atom stereocenters. The number of aryl methyl sites for hydroxylation is 2. The fraction of sp³-hybridized carbons (Fsp3) is 0.586. The fourth-order valence-corrected chi connectivity index (χ4v) is 4.66. The topological polar surface area (TPSA) is 0 Å². The van der Waals surface area contributed by atoms with Gasteiger partial charge in [0.25, 0.3) is 0 Å². The monoisotopic (exact) mass is 394 g/mol. The molecule has 0 nitrogen and oxygen atoms in total. The Morgan fingerprint density at radius 1 is 0.621 bits per heavy atom. The van der Waals surface area contributed by atoms with Crippen LogP contribution >= 0.6 is 0 Å². The van der Waals surface area contributed by atoms with Crippen molar-refractivity contribution in [2.24, 2.45) is 0 Å². The first-order valence-electron chi connectivity index (χ1n) is 11.4. The summed E-state index contributed by atoms with van der Waals surface area (Å²) < 4.78 is 0. The van der Waals surface area contributed by atoms with Gasteiger partial charge < -0.3 is 0 Å². The van der Waals surface area contributed by atoms with E-state index in [-0.39, 0.29) is 7.43 Å². The van der Waals surface area contributed by atoms with Crippen molar-refractivity contribution in [2.45, 2.75) is 112 Å². The Hall–Kier alpha value is -1.56. The molecule has 4 rings (SSSR count). The highest BCUT2D eigenvalue weighted by Gasteiger charge is 2.29. The number of benzene rings is 2. The van der Waals surface area contributed by atoms with Crippen LogP contribution in [0.15, 0.2) is 36.4 Å². The molecule has 0 saturated carbocycles. The molecule has 2 aromatic rings. The molecule has 0 heterocycles. The zero-order valence-electron chi connectivity index (χ0n) is 19.7. The minimum Gasteiger partial charge on any atom is -0.0776 e. The molecule has 0 amide bonds. The minimum atomic E-state index is 0. The van der Waals surface area contributed by atoms with Gasteiger partial charge in [0.15, 0.2) is 0 Å². The highest BCUT2D eigenvalue weighted by Crippen LogP contribution is 2.40. The van der Waals surface area contributed by atoms with Crippen molar-refractivity contribution in [3.05, 3.63) is 69.8 Å². The van der Waals surface area contributed by atoms with Gasteiger partial charge in [-0.25, -0.2) is 0 Å². The highest BCUT2D eigenvalue weighted by molar-refractivity contribution is 5.52. The van der Waals surface area contributed by atoms with Crippen molar-refractivity contribution in [3.63, 3.8) is 0 Å². The maximum absolute atomic E-state index is 2.53. The molecule has 0 bridgehead atoms. The maximum atomic E-state index is 2.53. The van der Waals surface area contributed by atoms with Crippen molar-refractivity contribution >= 4 is 0 Å². The Bertz CT molecular complexity index is 719. The fourth-order valence-electron chi connectivity index (χ4n) is 4.66. The summed E-state index contributed by atoms with van der Waals surface area (Å²) in [4.78, 5) is 0. The van der Waals surface area contributed by atoms with Gasteiger partial charge >= 0.3 is 0 Å². The van der Waals surface area contributed by atoms with Crippen LogP contribution in [0.3, 0.4) is 0 Å². The molecule has 0 aliphatic heterocycles. The van der Waals surface area contributed by atoms with Gasteiger partial charge in [-0.3, -0.25) is 0 Å². The molecule has 29 heavy (non-hydrogen) atoms. The summed E-state index contributed by atoms with van der Waals surface area (Å²) in [6.45, 7) is 17.8. The molecule has 0 N–H and O–H groups in total. The van der Waals surface area contributed by atoms with E-state index in [4.69, 9.17) is 0 Å². The van der Waals surface area contributed by atoms with Gasteiger partial charge in [-0.05, 0) is 82.7 Å². The van der Waals surface area contributed by atoms with E-state index >= 15 is 0 Å². The molecule has 0 saturated heterocycles. The number of fused-ring (bicyclic) bond motifs is 2. The normalized spacial score (nSPS) is 14.5. The molecule has 0 aromatic heterocycles. The van der Waals surface area contributed by atoms with Crippen molar-refractivity contribution in [1.29, 1.82) is 0 Å². The first kappa shape index (κ1) is 25.5. The summed E-state index contributed by atoms with van der Waals surface area (Å²) in [5.41, 5.74) is 10.5. The van der Waals surface area contributed by atoms with Gasteiger partial charge in [-0.2, -0.15) is 0 Å². The van der Waals surface area contributed by atoms with Crippen molar-refractivity contribution < 1.29 is 0 Å². The number of hydrogen-bond acceptors (Lipinski definition) is 0. The third-order valence-corrected chi connectivity index (χ3v) is 5.86. The Kier molecular flexibility index (Phi) is 9.19. The van der Waals surface area contributed by atoms with Crippen LogP contribution in [0.4, 0.5) is 0 Å². The molecule has 0 spiro atoms. The van der Waals surface area contributed by atoms with E-state index in [0.29, 0.717) is 10.8 Å². The SMILES string of the molecule is C.CC.CC(C)(C)c1c2c(cc3c1CCC3)CCC2.CC(C)(C)c1ccccc1. The molecule has 2 aliphatic carbocycles. The van der Waals surface area contributed by atoms with Crippen LogP contribution in [0.2, 0.25) is 0 Å². The molecule has 0 atom stereocenters. The van der Waals surface area contributed by atoms with Gasteiger partial charge in [-0.1, -0.05) is 99.2 Å². The third-order valence-electron chi connectivity index (χ3n) is 5.86. The van der Waals surface area contributed by atoms with E-state index in [2.05, 4.69) is 77.9 Å². The average Bonchev–Trinajstić information content (AvgIpc) is 3.29. The molecule has 0 fully saturated rings. The van der Waals surface area contributed by atoms with Gasteiger partial charge in [0.05, 0.1) is 0 Å². The summed E-state index contributed by atoms with van der Waals surface area (Å²) in [7, 11) is 0. The van der Waals surface area contributed by atoms with Crippen LogP contribution in [-0.2, 0) is 36.5 Å². The highest BCUT2D eigenvalue weighted by atomic mass is 14.3. The Labute approximate surface area is 182 Å². The van der Waals surface area contributed by atoms with Gasteiger partial charge in [-0.15, -0.1) is 0 Å². The lowest BCUT2D eigenvalue weighted by Crippen LogP contribution is -2.17. The molecule has 2 aromatic carbocycles. The summed E-state index contributed by atoms with van der Waals surface area (Å²) in [6.07, 6.45) is 8.06. The quantitative estimate of drug-likeness (QED) is 0.419. The predicted molar refractivity (Wildman–Crippen MR) is 132 cm³/mol. The predicted octanol–water partition coefficient (Wildman–Crippen LogP) is 8.61. The number of rotatable bonds is 0. The molecule has 0 heteroatoms. The zero-order valence-corrected chi connectivity index (χ0v) is 19.7. The van der Waals surface area contributed by atoms with Crippen molar-refractivity contribution in [1.82, 2.24) is 0 Å². The average molecular weight is 395 g/mol. The van der Waals surface area contributed by atoms with E-state index in [9.17, 15) is 0 Å². The lowest BCUT2D eigenvalue weighted by atomic mass is 9.78. The lowest BCUT2D eigenvalue weighted by Gasteiger charge is -2.27. The van der Waals surface area contributed by atoms with Crippen LogP contribution in [0, 0.1) is 0 Å². The summed E-state index contributed by atoms with van der Waals surface area (Å²) in [5.74, 6) is 0. The second-order valence-electron chi connectivity index (χ2n) is 10.1. The van der Waals surface area contributed by atoms with Crippen molar-refractivity contribution in [2.75, 3.05) is 0 Å². The van der Waals surface area contributed by atoms with Crippen LogP contribution in [-0.4, -0.2) is 0 Å². The van der Waals surface area contributed by atoms with E-state index in [1.807, 2.05) is 13.8 Å². The van der Waals surface area contributed by atoms with Crippen molar-refractivity contribution in [3.8, 4) is 0 Å². The zero-order chi connectivity index (χ0) is 20.9. The van der Waals surface area contributed by atoms with Crippen LogP contribution in [0.25, 0.3) is 0 Å². The molecular weight excluding hydrogens is 348 g/mol. The van der Waals surface area contributed by atoms with Gasteiger partial charge in [0.2, 0.25) is 0 Å². The third kappa shape index (κ3) is 6.21. The molecule has 0 radical (unpaired) electrons. The lowest BCUT2D eigenvalue weighted by molar-refractivity contribution is 0.577. The van der Waals surface area contributed by atoms with Gasteiger partial charge in [0.1, 0.15) is 0 Å². The Balaban J connectivity index is 0.000000282. The van der Waals surface area contributed by atoms with E-state index in [1.165, 1.54) is 44.1 Å². The summed E-state index contributed by atoms with van der Waals surface area (Å²) >= 11 is 0. The molecular formula is C29H46. The Morgan fingerprint density at radius 2 is 1.07 bits per heavy atom. The molecule has 162 valence electrons. The Morgan fingerprint density at radius 3 is 1.41 bits per heavy atom. The number of hydrogen-bond donors (Lipinski definition) is 0. The first-order chi connectivity index (χ1) is 13.2. The maximum Gasteiger partial charge on any atom is -0.0126 e. The largest absolute Gasteiger partial charge is 0.0776 e.